The normalized spacial score (nSPS) is 14.8. The lowest BCUT2D eigenvalue weighted by Crippen LogP contribution is -2.41. The molecule has 1 aromatic carbocycles. The predicted molar refractivity (Wildman–Crippen MR) is 75.7 cm³/mol. The number of nitrogens with one attached hydrogen (secondary N) is 1. The zero-order chi connectivity index (χ0) is 13.7. The molecule has 0 spiro atoms. The van der Waals surface area contributed by atoms with Crippen LogP contribution < -0.4 is 10.2 Å². The van der Waals surface area contributed by atoms with Gasteiger partial charge in [-0.25, -0.2) is 4.79 Å². The van der Waals surface area contributed by atoms with Crippen molar-refractivity contribution in [2.45, 2.75) is 32.6 Å². The van der Waals surface area contributed by atoms with Crippen LogP contribution in [0.2, 0.25) is 0 Å². The molecule has 0 atom stereocenters. The van der Waals surface area contributed by atoms with Gasteiger partial charge in [0.25, 0.3) is 0 Å². The third-order valence-corrected chi connectivity index (χ3v) is 3.33. The van der Waals surface area contributed by atoms with Gasteiger partial charge in [0.2, 0.25) is 0 Å². The number of benzene rings is 1. The Hall–Kier alpha value is -1.84. The summed E-state index contributed by atoms with van der Waals surface area (Å²) in [7, 11) is 0. The summed E-state index contributed by atoms with van der Waals surface area (Å²) in [6.07, 6.45) is 3.25. The number of carbonyl (C=O) groups is 2. The van der Waals surface area contributed by atoms with E-state index in [1.165, 1.54) is 0 Å². The molecule has 102 valence electrons. The van der Waals surface area contributed by atoms with E-state index < -0.39 is 0 Å². The first-order valence-corrected chi connectivity index (χ1v) is 6.91. The van der Waals surface area contributed by atoms with E-state index in [4.69, 9.17) is 0 Å². The summed E-state index contributed by atoms with van der Waals surface area (Å²) >= 11 is 0. The molecule has 4 heteroatoms. The highest BCUT2D eigenvalue weighted by molar-refractivity contribution is 6.06. The smallest absolute Gasteiger partial charge is 0.321 e. The van der Waals surface area contributed by atoms with Crippen LogP contribution in [0.3, 0.4) is 0 Å². The maximum atomic E-state index is 12.2. The minimum absolute atomic E-state index is 0.101. The highest BCUT2D eigenvalue weighted by Crippen LogP contribution is 2.26. The number of hydrogen-bond donors (Lipinski definition) is 1. The van der Waals surface area contributed by atoms with E-state index in [1.807, 2.05) is 18.2 Å². The van der Waals surface area contributed by atoms with Crippen LogP contribution in [-0.2, 0) is 0 Å². The Morgan fingerprint density at radius 2 is 2.16 bits per heavy atom. The number of para-hydroxylation sites is 1. The molecule has 0 saturated heterocycles. The Morgan fingerprint density at radius 3 is 2.95 bits per heavy atom. The van der Waals surface area contributed by atoms with Gasteiger partial charge in [-0.05, 0) is 25.0 Å². The quantitative estimate of drug-likeness (QED) is 0.849. The van der Waals surface area contributed by atoms with Crippen LogP contribution in [-0.4, -0.2) is 24.9 Å². The number of unbranched alkanes of at least 4 members (excludes halogenated alkanes) is 1. The van der Waals surface area contributed by atoms with Crippen molar-refractivity contribution in [1.82, 2.24) is 5.32 Å². The van der Waals surface area contributed by atoms with Crippen LogP contribution in [0.5, 0.6) is 0 Å². The standard InChI is InChI=1S/C15H20N2O2/c1-2-3-10-16-15(19)17-11-6-9-14(18)12-7-4-5-8-13(12)17/h4-5,7-8H,2-3,6,9-11H2,1H3,(H,16,19). The number of ketones is 1. The second kappa shape index (κ2) is 6.36. The molecule has 2 rings (SSSR count). The van der Waals surface area contributed by atoms with E-state index in [0.717, 1.165) is 18.5 Å². The van der Waals surface area contributed by atoms with Gasteiger partial charge in [0, 0.05) is 25.1 Å². The van der Waals surface area contributed by atoms with E-state index in [9.17, 15) is 9.59 Å². The number of amides is 2. The number of nitrogens with zero attached hydrogens (tertiary/aromatic N) is 1. The van der Waals surface area contributed by atoms with E-state index in [-0.39, 0.29) is 11.8 Å². The minimum atomic E-state index is -0.101. The van der Waals surface area contributed by atoms with Crippen LogP contribution in [0.1, 0.15) is 43.0 Å². The maximum Gasteiger partial charge on any atom is 0.321 e. The molecular formula is C15H20N2O2. The second-order valence-corrected chi connectivity index (χ2v) is 4.78. The SMILES string of the molecule is CCCCNC(=O)N1CCCC(=O)c2ccccc21. The highest BCUT2D eigenvalue weighted by atomic mass is 16.2. The van der Waals surface area contributed by atoms with Gasteiger partial charge < -0.3 is 5.32 Å². The zero-order valence-electron chi connectivity index (χ0n) is 11.3. The van der Waals surface area contributed by atoms with Crippen molar-refractivity contribution in [2.75, 3.05) is 18.0 Å². The topological polar surface area (TPSA) is 49.4 Å². The predicted octanol–water partition coefficient (Wildman–Crippen LogP) is 2.98. The van der Waals surface area contributed by atoms with Crippen molar-refractivity contribution in [3.8, 4) is 0 Å². The summed E-state index contributed by atoms with van der Waals surface area (Å²) in [5, 5.41) is 2.91. The molecule has 0 saturated carbocycles. The van der Waals surface area contributed by atoms with Crippen molar-refractivity contribution in [1.29, 1.82) is 0 Å². The van der Waals surface area contributed by atoms with Crippen molar-refractivity contribution >= 4 is 17.5 Å². The molecule has 0 aliphatic carbocycles. The number of hydrogen-bond acceptors (Lipinski definition) is 2. The summed E-state index contributed by atoms with van der Waals surface area (Å²) < 4.78 is 0. The number of Topliss-reactive ketones (excluding diaryl/α,β-unsaturated/α-hetero) is 1. The molecule has 0 bridgehead atoms. The fourth-order valence-electron chi connectivity index (χ4n) is 2.28. The first-order valence-electron chi connectivity index (χ1n) is 6.91. The van der Waals surface area contributed by atoms with Crippen LogP contribution in [0.15, 0.2) is 24.3 Å². The maximum absolute atomic E-state index is 12.2. The number of fused-ring (bicyclic) bond motifs is 1. The third kappa shape index (κ3) is 3.13. The molecule has 1 heterocycles. The minimum Gasteiger partial charge on any atom is -0.338 e. The Kier molecular flexibility index (Phi) is 4.55. The third-order valence-electron chi connectivity index (χ3n) is 3.33. The Bertz CT molecular complexity index is 471. The Balaban J connectivity index is 2.18. The Morgan fingerprint density at radius 1 is 1.37 bits per heavy atom. The van der Waals surface area contributed by atoms with Gasteiger partial charge in [-0.1, -0.05) is 25.5 Å². The van der Waals surface area contributed by atoms with Crippen LogP contribution in [0.25, 0.3) is 0 Å². The number of rotatable bonds is 3. The molecule has 0 unspecified atom stereocenters. The number of carbonyl (C=O) groups excluding carboxylic acids is 2. The van der Waals surface area contributed by atoms with Crippen molar-refractivity contribution in [3.05, 3.63) is 29.8 Å². The first kappa shape index (κ1) is 13.6. The van der Waals surface area contributed by atoms with Crippen LogP contribution in [0, 0.1) is 0 Å². The zero-order valence-corrected chi connectivity index (χ0v) is 11.3. The summed E-state index contributed by atoms with van der Waals surface area (Å²) in [6, 6.07) is 7.25. The van der Waals surface area contributed by atoms with Gasteiger partial charge >= 0.3 is 6.03 Å². The molecule has 2 amide bonds. The van der Waals surface area contributed by atoms with E-state index in [1.54, 1.807) is 11.0 Å². The monoisotopic (exact) mass is 260 g/mol. The molecule has 19 heavy (non-hydrogen) atoms. The lowest BCUT2D eigenvalue weighted by molar-refractivity contribution is 0.0983. The fourth-order valence-corrected chi connectivity index (χ4v) is 2.28. The average Bonchev–Trinajstić information content (AvgIpc) is 2.59. The van der Waals surface area contributed by atoms with Crippen molar-refractivity contribution < 1.29 is 9.59 Å². The van der Waals surface area contributed by atoms with E-state index in [0.29, 0.717) is 31.5 Å². The van der Waals surface area contributed by atoms with Gasteiger partial charge in [-0.2, -0.15) is 0 Å². The Labute approximate surface area is 113 Å². The second-order valence-electron chi connectivity index (χ2n) is 4.78. The van der Waals surface area contributed by atoms with Gasteiger partial charge in [0.05, 0.1) is 5.69 Å². The summed E-state index contributed by atoms with van der Waals surface area (Å²) in [4.78, 5) is 25.9. The van der Waals surface area contributed by atoms with Crippen LogP contribution in [0.4, 0.5) is 10.5 Å². The van der Waals surface area contributed by atoms with Gasteiger partial charge in [-0.15, -0.1) is 0 Å². The van der Waals surface area contributed by atoms with Crippen molar-refractivity contribution in [2.24, 2.45) is 0 Å². The molecular weight excluding hydrogens is 240 g/mol. The fraction of sp³-hybridized carbons (Fsp3) is 0.467. The van der Waals surface area contributed by atoms with E-state index >= 15 is 0 Å². The van der Waals surface area contributed by atoms with E-state index in [2.05, 4.69) is 12.2 Å². The molecule has 0 radical (unpaired) electrons. The lowest BCUT2D eigenvalue weighted by Gasteiger charge is -2.22. The summed E-state index contributed by atoms with van der Waals surface area (Å²) in [5.41, 5.74) is 1.39. The molecule has 1 aliphatic rings. The average molecular weight is 260 g/mol. The number of urea groups is 1. The van der Waals surface area contributed by atoms with Crippen LogP contribution >= 0.6 is 0 Å². The molecule has 1 aliphatic heterocycles. The largest absolute Gasteiger partial charge is 0.338 e. The lowest BCUT2D eigenvalue weighted by atomic mass is 10.1. The number of anilines is 1. The summed E-state index contributed by atoms with van der Waals surface area (Å²) in [6.45, 7) is 3.37. The molecule has 0 fully saturated rings. The van der Waals surface area contributed by atoms with Gasteiger partial charge in [-0.3, -0.25) is 9.69 Å². The van der Waals surface area contributed by atoms with Gasteiger partial charge in [0.15, 0.2) is 5.78 Å². The van der Waals surface area contributed by atoms with Gasteiger partial charge in [0.1, 0.15) is 0 Å². The summed E-state index contributed by atoms with van der Waals surface area (Å²) in [5.74, 6) is 0.124. The molecule has 1 N–H and O–H groups in total. The molecule has 1 aromatic rings. The molecule has 4 nitrogen and oxygen atoms in total. The first-order chi connectivity index (χ1) is 9.24. The molecule has 0 aromatic heterocycles. The highest BCUT2D eigenvalue weighted by Gasteiger charge is 2.24. The van der Waals surface area contributed by atoms with Crippen molar-refractivity contribution in [3.63, 3.8) is 0 Å².